The molecule has 3 aromatic rings. The highest BCUT2D eigenvalue weighted by molar-refractivity contribution is 6.07. The van der Waals surface area contributed by atoms with Crippen molar-refractivity contribution in [3.63, 3.8) is 0 Å². The number of hydrogen-bond acceptors (Lipinski definition) is 7. The number of ether oxygens (including phenoxy) is 4. The molecule has 0 spiro atoms. The first-order valence-electron chi connectivity index (χ1n) is 9.04. The number of para-hydroxylation sites is 1. The van der Waals surface area contributed by atoms with E-state index in [1.165, 1.54) is 26.0 Å². The summed E-state index contributed by atoms with van der Waals surface area (Å²) in [6.07, 6.45) is 0. The summed E-state index contributed by atoms with van der Waals surface area (Å²) in [6, 6.07) is 12.4. The molecule has 0 bridgehead atoms. The first kappa shape index (κ1) is 20.9. The molecule has 0 aliphatic carbocycles. The van der Waals surface area contributed by atoms with E-state index >= 15 is 0 Å². The van der Waals surface area contributed by atoms with E-state index in [1.54, 1.807) is 43.5 Å². The van der Waals surface area contributed by atoms with E-state index in [9.17, 15) is 9.59 Å². The Balaban J connectivity index is 2.42. The van der Waals surface area contributed by atoms with Crippen LogP contribution in [0.2, 0.25) is 0 Å². The molecule has 30 heavy (non-hydrogen) atoms. The molecule has 0 atom stereocenters. The fraction of sp³-hybridized carbons (Fsp3) is 0.227. The third kappa shape index (κ3) is 3.59. The maximum absolute atomic E-state index is 12.8. The topological polar surface area (TPSA) is 88.9 Å². The number of aryl methyl sites for hydroxylation is 1. The minimum atomic E-state index is -0.728. The van der Waals surface area contributed by atoms with Crippen LogP contribution in [0, 0.1) is 6.92 Å². The molecule has 3 rings (SSSR count). The molecule has 156 valence electrons. The Morgan fingerprint density at radius 2 is 1.50 bits per heavy atom. The Bertz CT molecular complexity index is 1090. The van der Waals surface area contributed by atoms with Crippen molar-refractivity contribution in [2.24, 2.45) is 0 Å². The van der Waals surface area contributed by atoms with Gasteiger partial charge in [0.25, 0.3) is 0 Å². The highest BCUT2D eigenvalue weighted by atomic mass is 16.5. The number of esters is 2. The van der Waals surface area contributed by atoms with Gasteiger partial charge in [0.1, 0.15) is 22.8 Å². The van der Waals surface area contributed by atoms with E-state index in [4.69, 9.17) is 18.9 Å². The average molecular weight is 410 g/mol. The van der Waals surface area contributed by atoms with Crippen molar-refractivity contribution in [2.75, 3.05) is 28.4 Å². The maximum Gasteiger partial charge on any atom is 0.357 e. The largest absolute Gasteiger partial charge is 0.496 e. The summed E-state index contributed by atoms with van der Waals surface area (Å²) in [6.45, 7) is 1.87. The molecule has 1 heterocycles. The van der Waals surface area contributed by atoms with Crippen LogP contribution in [0.25, 0.3) is 16.9 Å². The van der Waals surface area contributed by atoms with Crippen LogP contribution in [0.4, 0.5) is 0 Å². The molecule has 0 fully saturated rings. The molecule has 0 amide bonds. The van der Waals surface area contributed by atoms with Gasteiger partial charge in [0.2, 0.25) is 0 Å². The average Bonchev–Trinajstić information content (AvgIpc) is 3.18. The SMILES string of the molecule is COC(=O)c1c(-c2cc(OC)c(C)cc2OC)nn(-c2ccccc2)c1C(=O)OC. The number of hydrogen-bond donors (Lipinski definition) is 0. The van der Waals surface area contributed by atoms with Gasteiger partial charge in [-0.2, -0.15) is 5.10 Å². The van der Waals surface area contributed by atoms with Crippen molar-refractivity contribution in [1.82, 2.24) is 9.78 Å². The van der Waals surface area contributed by atoms with Gasteiger partial charge >= 0.3 is 11.9 Å². The zero-order valence-corrected chi connectivity index (χ0v) is 17.4. The summed E-state index contributed by atoms with van der Waals surface area (Å²) in [5, 5.41) is 4.58. The molecule has 8 heteroatoms. The highest BCUT2D eigenvalue weighted by Crippen LogP contribution is 2.38. The Morgan fingerprint density at radius 3 is 2.07 bits per heavy atom. The second kappa shape index (κ2) is 8.69. The minimum absolute atomic E-state index is 0.0302. The Hall–Kier alpha value is -3.81. The lowest BCUT2D eigenvalue weighted by Gasteiger charge is -2.12. The van der Waals surface area contributed by atoms with E-state index in [1.807, 2.05) is 13.0 Å². The lowest BCUT2D eigenvalue weighted by molar-refractivity contribution is 0.0549. The van der Waals surface area contributed by atoms with Crippen LogP contribution in [-0.2, 0) is 9.47 Å². The van der Waals surface area contributed by atoms with Gasteiger partial charge < -0.3 is 18.9 Å². The summed E-state index contributed by atoms with van der Waals surface area (Å²) in [7, 11) is 5.53. The molecular formula is C22H22N2O6. The van der Waals surface area contributed by atoms with Gasteiger partial charge in [0.05, 0.1) is 34.1 Å². The van der Waals surface area contributed by atoms with Crippen molar-refractivity contribution in [2.45, 2.75) is 6.92 Å². The quantitative estimate of drug-likeness (QED) is 0.575. The maximum atomic E-state index is 12.8. The molecule has 2 aromatic carbocycles. The predicted octanol–water partition coefficient (Wildman–Crippen LogP) is 3.44. The van der Waals surface area contributed by atoms with Gasteiger partial charge in [-0.1, -0.05) is 18.2 Å². The first-order chi connectivity index (χ1) is 14.5. The number of rotatable bonds is 6. The van der Waals surface area contributed by atoms with Gasteiger partial charge in [0.15, 0.2) is 5.69 Å². The summed E-state index contributed by atoms with van der Waals surface area (Å²) in [5.41, 5.74) is 2.02. The second-order valence-electron chi connectivity index (χ2n) is 6.32. The van der Waals surface area contributed by atoms with E-state index in [0.29, 0.717) is 22.7 Å². The molecule has 0 aliphatic rings. The smallest absolute Gasteiger partial charge is 0.357 e. The summed E-state index contributed by atoms with van der Waals surface area (Å²) in [4.78, 5) is 25.4. The van der Waals surface area contributed by atoms with Gasteiger partial charge in [-0.15, -0.1) is 0 Å². The van der Waals surface area contributed by atoms with E-state index < -0.39 is 11.9 Å². The molecule has 0 unspecified atom stereocenters. The molecular weight excluding hydrogens is 388 g/mol. The molecule has 0 saturated carbocycles. The lowest BCUT2D eigenvalue weighted by Crippen LogP contribution is -2.15. The van der Waals surface area contributed by atoms with Crippen LogP contribution in [-0.4, -0.2) is 50.2 Å². The van der Waals surface area contributed by atoms with E-state index in [-0.39, 0.29) is 17.0 Å². The number of benzene rings is 2. The van der Waals surface area contributed by atoms with Gasteiger partial charge in [-0.3, -0.25) is 0 Å². The Labute approximate surface area is 173 Å². The first-order valence-corrected chi connectivity index (χ1v) is 9.04. The standard InChI is InChI=1S/C22H22N2O6/c1-13-11-17(28-3)15(12-16(13)27-2)19-18(21(25)29-4)20(22(26)30-5)24(23-19)14-9-7-6-8-10-14/h6-12H,1-5H3. The Morgan fingerprint density at radius 1 is 0.867 bits per heavy atom. The fourth-order valence-corrected chi connectivity index (χ4v) is 3.18. The normalized spacial score (nSPS) is 10.4. The molecule has 0 aliphatic heterocycles. The third-order valence-corrected chi connectivity index (χ3v) is 4.63. The molecule has 0 saturated heterocycles. The van der Waals surface area contributed by atoms with E-state index in [2.05, 4.69) is 5.10 Å². The molecule has 0 N–H and O–H groups in total. The predicted molar refractivity (Wildman–Crippen MR) is 110 cm³/mol. The van der Waals surface area contributed by atoms with Gasteiger partial charge in [-0.25, -0.2) is 14.3 Å². The van der Waals surface area contributed by atoms with Crippen LogP contribution < -0.4 is 9.47 Å². The second-order valence-corrected chi connectivity index (χ2v) is 6.32. The highest BCUT2D eigenvalue weighted by Gasteiger charge is 2.32. The lowest BCUT2D eigenvalue weighted by atomic mass is 10.0. The third-order valence-electron chi connectivity index (χ3n) is 4.63. The molecule has 1 aromatic heterocycles. The van der Waals surface area contributed by atoms with Gasteiger partial charge in [-0.05, 0) is 36.8 Å². The van der Waals surface area contributed by atoms with Gasteiger partial charge in [0, 0.05) is 5.56 Å². The van der Waals surface area contributed by atoms with Crippen LogP contribution >= 0.6 is 0 Å². The molecule has 8 nitrogen and oxygen atoms in total. The van der Waals surface area contributed by atoms with Crippen molar-refractivity contribution in [3.05, 3.63) is 59.3 Å². The number of carbonyl (C=O) groups is 2. The number of nitrogens with zero attached hydrogens (tertiary/aromatic N) is 2. The molecule has 0 radical (unpaired) electrons. The fourth-order valence-electron chi connectivity index (χ4n) is 3.18. The summed E-state index contributed by atoms with van der Waals surface area (Å²) < 4.78 is 22.2. The van der Waals surface area contributed by atoms with Crippen LogP contribution in [0.1, 0.15) is 26.4 Å². The van der Waals surface area contributed by atoms with Crippen LogP contribution in [0.15, 0.2) is 42.5 Å². The summed E-state index contributed by atoms with van der Waals surface area (Å²) in [5.74, 6) is -0.409. The van der Waals surface area contributed by atoms with Crippen LogP contribution in [0.5, 0.6) is 11.5 Å². The minimum Gasteiger partial charge on any atom is -0.496 e. The van der Waals surface area contributed by atoms with Crippen molar-refractivity contribution in [3.8, 4) is 28.4 Å². The zero-order chi connectivity index (χ0) is 21.8. The van der Waals surface area contributed by atoms with Crippen molar-refractivity contribution in [1.29, 1.82) is 0 Å². The summed E-state index contributed by atoms with van der Waals surface area (Å²) >= 11 is 0. The van der Waals surface area contributed by atoms with Crippen LogP contribution in [0.3, 0.4) is 0 Å². The monoisotopic (exact) mass is 410 g/mol. The van der Waals surface area contributed by atoms with E-state index in [0.717, 1.165) is 5.56 Å². The number of methoxy groups -OCH3 is 4. The van der Waals surface area contributed by atoms with Crippen molar-refractivity contribution >= 4 is 11.9 Å². The number of aromatic nitrogens is 2. The Kier molecular flexibility index (Phi) is 6.06. The number of carbonyl (C=O) groups excluding carboxylic acids is 2. The van der Waals surface area contributed by atoms with Crippen molar-refractivity contribution < 1.29 is 28.5 Å². The zero-order valence-electron chi connectivity index (χ0n) is 17.4.